The standard InChI is InChI=1S/C19H19NO9/c1-26-13-11(16(23)27-2)15(22)20-19(14(13)21,10-8-6-5-7-9-10)12(17(24)28-3)18(25)29-4/h5-9,12H,1-4H3,(H,20,22). The first-order chi connectivity index (χ1) is 13.8. The van der Waals surface area contributed by atoms with Crippen LogP contribution in [0.2, 0.25) is 0 Å². The van der Waals surface area contributed by atoms with Crippen molar-refractivity contribution in [1.29, 1.82) is 0 Å². The van der Waals surface area contributed by atoms with Gasteiger partial charge in [0.15, 0.2) is 22.8 Å². The van der Waals surface area contributed by atoms with Crippen molar-refractivity contribution in [2.24, 2.45) is 5.92 Å². The first-order valence-corrected chi connectivity index (χ1v) is 8.25. The van der Waals surface area contributed by atoms with Gasteiger partial charge in [-0.25, -0.2) is 4.79 Å². The van der Waals surface area contributed by atoms with Gasteiger partial charge in [0.1, 0.15) is 0 Å². The van der Waals surface area contributed by atoms with Crippen molar-refractivity contribution < 1.29 is 42.9 Å². The average Bonchev–Trinajstić information content (AvgIpc) is 2.75. The molecule has 154 valence electrons. The summed E-state index contributed by atoms with van der Waals surface area (Å²) in [6.07, 6.45) is 0. The van der Waals surface area contributed by atoms with Crippen molar-refractivity contribution in [3.05, 3.63) is 47.2 Å². The summed E-state index contributed by atoms with van der Waals surface area (Å²) in [4.78, 5) is 63.4. The highest BCUT2D eigenvalue weighted by molar-refractivity contribution is 6.27. The van der Waals surface area contributed by atoms with Gasteiger partial charge in [-0.1, -0.05) is 30.3 Å². The van der Waals surface area contributed by atoms with Crippen LogP contribution in [0, 0.1) is 5.92 Å². The average molecular weight is 405 g/mol. The van der Waals surface area contributed by atoms with Crippen LogP contribution in [0.4, 0.5) is 0 Å². The lowest BCUT2D eigenvalue weighted by Crippen LogP contribution is -2.65. The number of carbonyl (C=O) groups excluding carboxylic acids is 5. The molecule has 0 spiro atoms. The summed E-state index contributed by atoms with van der Waals surface area (Å²) in [5, 5.41) is 2.33. The summed E-state index contributed by atoms with van der Waals surface area (Å²) >= 11 is 0. The van der Waals surface area contributed by atoms with Crippen LogP contribution in [0.5, 0.6) is 0 Å². The van der Waals surface area contributed by atoms with Crippen molar-refractivity contribution >= 4 is 29.6 Å². The zero-order chi connectivity index (χ0) is 21.8. The summed E-state index contributed by atoms with van der Waals surface area (Å²) in [5.74, 6) is -8.07. The molecule has 0 fully saturated rings. The minimum atomic E-state index is -2.28. The van der Waals surface area contributed by atoms with E-state index in [0.29, 0.717) is 0 Å². The first kappa shape index (κ1) is 21.6. The molecule has 0 radical (unpaired) electrons. The van der Waals surface area contributed by atoms with Gasteiger partial charge in [0, 0.05) is 0 Å². The number of methoxy groups -OCH3 is 4. The van der Waals surface area contributed by atoms with Crippen LogP contribution in [0.1, 0.15) is 5.56 Å². The molecule has 10 heteroatoms. The molecule has 1 aliphatic rings. The minimum Gasteiger partial charge on any atom is -0.492 e. The topological polar surface area (TPSA) is 134 Å². The lowest BCUT2D eigenvalue weighted by atomic mass is 9.71. The van der Waals surface area contributed by atoms with E-state index in [1.165, 1.54) is 24.3 Å². The Morgan fingerprint density at radius 2 is 1.45 bits per heavy atom. The molecular weight excluding hydrogens is 386 g/mol. The van der Waals surface area contributed by atoms with Gasteiger partial charge in [0.05, 0.1) is 28.4 Å². The molecule has 1 heterocycles. The van der Waals surface area contributed by atoms with Crippen LogP contribution in [-0.4, -0.2) is 58.0 Å². The SMILES string of the molecule is COC(=O)C1=C(OC)C(=O)C(c2ccccc2)(C(C(=O)OC)C(=O)OC)NC1=O. The van der Waals surface area contributed by atoms with E-state index in [-0.39, 0.29) is 5.56 Å². The van der Waals surface area contributed by atoms with Crippen LogP contribution < -0.4 is 5.32 Å². The maximum Gasteiger partial charge on any atom is 0.347 e. The fraction of sp³-hybridized carbons (Fsp3) is 0.316. The van der Waals surface area contributed by atoms with Crippen LogP contribution in [-0.2, 0) is 48.5 Å². The third kappa shape index (κ3) is 3.44. The maximum atomic E-state index is 13.5. The molecule has 1 amide bonds. The minimum absolute atomic E-state index is 0.0811. The fourth-order valence-electron chi connectivity index (χ4n) is 3.14. The molecule has 1 atom stereocenters. The van der Waals surface area contributed by atoms with Crippen molar-refractivity contribution in [3.8, 4) is 0 Å². The Balaban J connectivity index is 2.90. The van der Waals surface area contributed by atoms with E-state index in [0.717, 1.165) is 28.4 Å². The predicted molar refractivity (Wildman–Crippen MR) is 94.8 cm³/mol. The second-order valence-electron chi connectivity index (χ2n) is 5.84. The molecule has 0 aromatic heterocycles. The van der Waals surface area contributed by atoms with E-state index in [1.54, 1.807) is 6.07 Å². The monoisotopic (exact) mass is 405 g/mol. The number of hydrogen-bond acceptors (Lipinski definition) is 9. The van der Waals surface area contributed by atoms with Crippen molar-refractivity contribution in [3.63, 3.8) is 0 Å². The summed E-state index contributed by atoms with van der Waals surface area (Å²) in [6, 6.07) is 7.55. The second kappa shape index (κ2) is 8.55. The highest BCUT2D eigenvalue weighted by Gasteiger charge is 2.61. The summed E-state index contributed by atoms with van der Waals surface area (Å²) in [6.45, 7) is 0. The molecule has 1 aromatic carbocycles. The Labute approximate surface area is 165 Å². The van der Waals surface area contributed by atoms with E-state index in [2.05, 4.69) is 10.1 Å². The van der Waals surface area contributed by atoms with Crippen LogP contribution in [0.25, 0.3) is 0 Å². The number of hydrogen-bond donors (Lipinski definition) is 1. The lowest BCUT2D eigenvalue weighted by Gasteiger charge is -2.40. The quantitative estimate of drug-likeness (QED) is 0.291. The third-order valence-corrected chi connectivity index (χ3v) is 4.46. The number of ketones is 1. The largest absolute Gasteiger partial charge is 0.492 e. The molecule has 29 heavy (non-hydrogen) atoms. The smallest absolute Gasteiger partial charge is 0.347 e. The van der Waals surface area contributed by atoms with Gasteiger partial charge in [-0.3, -0.25) is 19.2 Å². The molecule has 1 aliphatic heterocycles. The molecule has 10 nitrogen and oxygen atoms in total. The zero-order valence-electron chi connectivity index (χ0n) is 16.1. The van der Waals surface area contributed by atoms with Crippen LogP contribution in [0.15, 0.2) is 41.7 Å². The molecule has 2 rings (SSSR count). The number of nitrogens with one attached hydrogen (secondary N) is 1. The Bertz CT molecular complexity index is 874. The first-order valence-electron chi connectivity index (χ1n) is 8.25. The molecule has 0 saturated heterocycles. The van der Waals surface area contributed by atoms with E-state index < -0.39 is 52.4 Å². The summed E-state index contributed by atoms with van der Waals surface area (Å²) < 4.78 is 18.9. The van der Waals surface area contributed by atoms with E-state index in [4.69, 9.17) is 14.2 Å². The number of amides is 1. The number of carbonyl (C=O) groups is 5. The summed E-state index contributed by atoms with van der Waals surface area (Å²) in [7, 11) is 4.11. The second-order valence-corrected chi connectivity index (χ2v) is 5.84. The molecule has 1 unspecified atom stereocenters. The van der Waals surface area contributed by atoms with Crippen molar-refractivity contribution in [1.82, 2.24) is 5.32 Å². The summed E-state index contributed by atoms with van der Waals surface area (Å²) in [5.41, 5.74) is -2.89. The predicted octanol–water partition coefficient (Wildman–Crippen LogP) is -0.383. The van der Waals surface area contributed by atoms with E-state index in [1.807, 2.05) is 0 Å². The number of esters is 3. The van der Waals surface area contributed by atoms with E-state index >= 15 is 0 Å². The lowest BCUT2D eigenvalue weighted by molar-refractivity contribution is -0.167. The molecular formula is C19H19NO9. The van der Waals surface area contributed by atoms with Gasteiger partial charge in [0.25, 0.3) is 5.91 Å². The number of Topliss-reactive ketones (excluding diaryl/α,β-unsaturated/α-hetero) is 1. The zero-order valence-corrected chi connectivity index (χ0v) is 16.1. The van der Waals surface area contributed by atoms with Crippen molar-refractivity contribution in [2.45, 2.75) is 5.54 Å². The molecule has 0 saturated carbocycles. The number of benzene rings is 1. The molecule has 1 N–H and O–H groups in total. The number of rotatable bonds is 6. The number of ether oxygens (including phenoxy) is 4. The highest BCUT2D eigenvalue weighted by Crippen LogP contribution is 2.39. The van der Waals surface area contributed by atoms with Gasteiger partial charge in [-0.2, -0.15) is 0 Å². The molecule has 1 aromatic rings. The Kier molecular flexibility index (Phi) is 6.37. The normalized spacial score (nSPS) is 18.8. The van der Waals surface area contributed by atoms with Crippen LogP contribution >= 0.6 is 0 Å². The van der Waals surface area contributed by atoms with Crippen LogP contribution in [0.3, 0.4) is 0 Å². The Morgan fingerprint density at radius 3 is 1.90 bits per heavy atom. The highest BCUT2D eigenvalue weighted by atomic mass is 16.5. The fourth-order valence-corrected chi connectivity index (χ4v) is 3.14. The maximum absolute atomic E-state index is 13.5. The van der Waals surface area contributed by atoms with Gasteiger partial charge >= 0.3 is 17.9 Å². The van der Waals surface area contributed by atoms with Crippen molar-refractivity contribution in [2.75, 3.05) is 28.4 Å². The third-order valence-electron chi connectivity index (χ3n) is 4.46. The van der Waals surface area contributed by atoms with Gasteiger partial charge in [0.2, 0.25) is 5.78 Å². The van der Waals surface area contributed by atoms with Gasteiger partial charge < -0.3 is 24.3 Å². The van der Waals surface area contributed by atoms with Gasteiger partial charge in [-0.05, 0) is 5.56 Å². The van der Waals surface area contributed by atoms with Gasteiger partial charge in [-0.15, -0.1) is 0 Å². The molecule has 0 aliphatic carbocycles. The molecule has 0 bridgehead atoms. The Hall–Kier alpha value is -3.69. The van der Waals surface area contributed by atoms with E-state index in [9.17, 15) is 24.0 Å². The Morgan fingerprint density at radius 1 is 0.897 bits per heavy atom.